The number of halogens is 3. The molecule has 0 aliphatic carbocycles. The summed E-state index contributed by atoms with van der Waals surface area (Å²) in [6.45, 7) is -0.395. The monoisotopic (exact) mass is 487 g/mol. The van der Waals surface area contributed by atoms with E-state index in [1.807, 2.05) is 6.26 Å². The van der Waals surface area contributed by atoms with Gasteiger partial charge in [-0.1, -0.05) is 23.2 Å². The number of carbonyl (C=O) groups excluding carboxylic acids is 3. The highest BCUT2D eigenvalue weighted by Crippen LogP contribution is 2.21. The van der Waals surface area contributed by atoms with Crippen LogP contribution in [0.4, 0.5) is 4.39 Å². The van der Waals surface area contributed by atoms with Gasteiger partial charge in [-0.15, -0.1) is 0 Å². The summed E-state index contributed by atoms with van der Waals surface area (Å²) in [4.78, 5) is 36.9. The molecular weight excluding hydrogens is 468 g/mol. The molecule has 2 rings (SSSR count). The van der Waals surface area contributed by atoms with Crippen LogP contribution in [0.3, 0.4) is 0 Å². The van der Waals surface area contributed by atoms with E-state index in [2.05, 4.69) is 16.2 Å². The quantitative estimate of drug-likeness (QED) is 0.472. The van der Waals surface area contributed by atoms with Crippen LogP contribution in [0, 0.1) is 5.82 Å². The second-order valence-electron chi connectivity index (χ2n) is 6.21. The molecule has 2 aromatic rings. The summed E-state index contributed by atoms with van der Waals surface area (Å²) in [5.74, 6) is -1.33. The third-order valence-electron chi connectivity index (χ3n) is 3.92. The molecule has 2 aromatic carbocycles. The first-order valence-electron chi connectivity index (χ1n) is 9.02. The molecule has 1 unspecified atom stereocenters. The number of nitrogens with one attached hydrogen (secondary N) is 3. The molecule has 11 heteroatoms. The van der Waals surface area contributed by atoms with Crippen molar-refractivity contribution in [3.05, 3.63) is 63.9 Å². The first-order valence-corrected chi connectivity index (χ1v) is 11.2. The van der Waals surface area contributed by atoms with Crippen molar-refractivity contribution in [2.24, 2.45) is 0 Å². The minimum absolute atomic E-state index is 0.153. The van der Waals surface area contributed by atoms with Gasteiger partial charge < -0.3 is 10.1 Å². The maximum Gasteiger partial charge on any atom is 0.276 e. The fourth-order valence-corrected chi connectivity index (χ4v) is 3.31. The minimum Gasteiger partial charge on any atom is -0.484 e. The summed E-state index contributed by atoms with van der Waals surface area (Å²) in [7, 11) is 0. The molecular formula is C20H20Cl2FN3O4S. The van der Waals surface area contributed by atoms with Gasteiger partial charge in [0, 0.05) is 5.02 Å². The first-order chi connectivity index (χ1) is 14.8. The van der Waals surface area contributed by atoms with E-state index in [0.29, 0.717) is 22.9 Å². The molecule has 3 N–H and O–H groups in total. The number of hydrogen-bond acceptors (Lipinski definition) is 5. The Morgan fingerprint density at radius 3 is 2.45 bits per heavy atom. The van der Waals surface area contributed by atoms with Crippen LogP contribution in [0.5, 0.6) is 5.75 Å². The van der Waals surface area contributed by atoms with Gasteiger partial charge in [0.05, 0.1) is 10.6 Å². The highest BCUT2D eigenvalue weighted by atomic mass is 35.5. The van der Waals surface area contributed by atoms with Crippen LogP contribution in [0.15, 0.2) is 42.5 Å². The normalized spacial score (nSPS) is 11.4. The van der Waals surface area contributed by atoms with Gasteiger partial charge in [0.1, 0.15) is 17.6 Å². The predicted molar refractivity (Wildman–Crippen MR) is 119 cm³/mol. The number of benzene rings is 2. The molecule has 31 heavy (non-hydrogen) atoms. The standard InChI is InChI=1S/C20H20Cl2FN3O4S/c1-31-9-8-17(24-19(28)15-7-2-12(21)10-16(15)22)20(29)26-25-18(27)11-30-14-5-3-13(23)4-6-14/h2-7,10,17H,8-9,11H2,1H3,(H,24,28)(H,25,27)(H,26,29). The maximum atomic E-state index is 12.9. The number of ether oxygens (including phenoxy) is 1. The van der Waals surface area contributed by atoms with Gasteiger partial charge in [-0.05, 0) is 60.9 Å². The van der Waals surface area contributed by atoms with E-state index in [-0.39, 0.29) is 10.6 Å². The van der Waals surface area contributed by atoms with Gasteiger partial charge in [0.2, 0.25) is 0 Å². The van der Waals surface area contributed by atoms with E-state index in [0.717, 1.165) is 0 Å². The number of hydrogen-bond donors (Lipinski definition) is 3. The van der Waals surface area contributed by atoms with Crippen molar-refractivity contribution in [1.29, 1.82) is 0 Å². The van der Waals surface area contributed by atoms with Crippen LogP contribution in [0.25, 0.3) is 0 Å². The van der Waals surface area contributed by atoms with E-state index < -0.39 is 36.2 Å². The summed E-state index contributed by atoms with van der Waals surface area (Å²) in [5.41, 5.74) is 4.65. The minimum atomic E-state index is -0.912. The van der Waals surface area contributed by atoms with Gasteiger partial charge in [-0.2, -0.15) is 11.8 Å². The zero-order valence-corrected chi connectivity index (χ0v) is 18.7. The SMILES string of the molecule is CSCCC(NC(=O)c1ccc(Cl)cc1Cl)C(=O)NNC(=O)COc1ccc(F)cc1. The Labute approximate surface area is 193 Å². The molecule has 0 aliphatic rings. The fourth-order valence-electron chi connectivity index (χ4n) is 2.35. The Kier molecular flexibility index (Phi) is 9.90. The average molecular weight is 488 g/mol. The van der Waals surface area contributed by atoms with Crippen LogP contribution in [-0.4, -0.2) is 42.4 Å². The molecule has 0 spiro atoms. The molecule has 7 nitrogen and oxygen atoms in total. The lowest BCUT2D eigenvalue weighted by Gasteiger charge is -2.19. The number of rotatable bonds is 9. The lowest BCUT2D eigenvalue weighted by Crippen LogP contribution is -2.53. The van der Waals surface area contributed by atoms with Crippen molar-refractivity contribution in [3.63, 3.8) is 0 Å². The Morgan fingerprint density at radius 2 is 1.81 bits per heavy atom. The molecule has 0 radical (unpaired) electrons. The number of hydrazine groups is 1. The maximum absolute atomic E-state index is 12.9. The molecule has 0 aromatic heterocycles. The van der Waals surface area contributed by atoms with Crippen molar-refractivity contribution in [2.75, 3.05) is 18.6 Å². The van der Waals surface area contributed by atoms with Gasteiger partial charge in [0.15, 0.2) is 6.61 Å². The lowest BCUT2D eigenvalue weighted by atomic mass is 10.1. The van der Waals surface area contributed by atoms with Gasteiger partial charge in [-0.25, -0.2) is 4.39 Å². The third-order valence-corrected chi connectivity index (χ3v) is 5.11. The summed E-state index contributed by atoms with van der Waals surface area (Å²) in [5, 5.41) is 3.14. The summed E-state index contributed by atoms with van der Waals surface area (Å²) in [6, 6.07) is 8.62. The topological polar surface area (TPSA) is 96.5 Å². The van der Waals surface area contributed by atoms with Crippen LogP contribution >= 0.6 is 35.0 Å². The van der Waals surface area contributed by atoms with Crippen molar-refractivity contribution >= 4 is 52.7 Å². The van der Waals surface area contributed by atoms with Gasteiger partial charge in [0.25, 0.3) is 17.7 Å². The number of carbonyl (C=O) groups is 3. The van der Waals surface area contributed by atoms with Crippen molar-refractivity contribution in [1.82, 2.24) is 16.2 Å². The van der Waals surface area contributed by atoms with E-state index >= 15 is 0 Å². The summed E-state index contributed by atoms with van der Waals surface area (Å²) >= 11 is 13.4. The van der Waals surface area contributed by atoms with Crippen molar-refractivity contribution in [3.8, 4) is 5.75 Å². The molecule has 0 heterocycles. The summed E-state index contributed by atoms with van der Waals surface area (Å²) < 4.78 is 18.1. The highest BCUT2D eigenvalue weighted by Gasteiger charge is 2.23. The summed E-state index contributed by atoms with van der Waals surface area (Å²) in [6.07, 6.45) is 2.19. The molecule has 0 fully saturated rings. The third kappa shape index (κ3) is 8.28. The van der Waals surface area contributed by atoms with E-state index in [1.165, 1.54) is 54.2 Å². The van der Waals surface area contributed by atoms with E-state index in [4.69, 9.17) is 27.9 Å². The number of amides is 3. The zero-order chi connectivity index (χ0) is 22.8. The molecule has 3 amide bonds. The van der Waals surface area contributed by atoms with Crippen LogP contribution < -0.4 is 20.9 Å². The Morgan fingerprint density at radius 1 is 1.10 bits per heavy atom. The Bertz CT molecular complexity index is 931. The predicted octanol–water partition coefficient (Wildman–Crippen LogP) is 3.21. The molecule has 0 saturated heterocycles. The first kappa shape index (κ1) is 24.8. The van der Waals surface area contributed by atoms with Crippen LogP contribution in [-0.2, 0) is 9.59 Å². The van der Waals surface area contributed by atoms with Crippen LogP contribution in [0.2, 0.25) is 10.0 Å². The second-order valence-corrected chi connectivity index (χ2v) is 8.04. The molecule has 0 saturated carbocycles. The Hall–Kier alpha value is -2.49. The smallest absolute Gasteiger partial charge is 0.276 e. The highest BCUT2D eigenvalue weighted by molar-refractivity contribution is 7.98. The van der Waals surface area contributed by atoms with Crippen LogP contribution in [0.1, 0.15) is 16.8 Å². The molecule has 0 bridgehead atoms. The van der Waals surface area contributed by atoms with E-state index in [9.17, 15) is 18.8 Å². The van der Waals surface area contributed by atoms with Gasteiger partial charge >= 0.3 is 0 Å². The molecule has 166 valence electrons. The van der Waals surface area contributed by atoms with E-state index in [1.54, 1.807) is 0 Å². The Balaban J connectivity index is 1.90. The zero-order valence-electron chi connectivity index (χ0n) is 16.4. The average Bonchev–Trinajstić information content (AvgIpc) is 2.74. The van der Waals surface area contributed by atoms with Crippen molar-refractivity contribution in [2.45, 2.75) is 12.5 Å². The number of thioether (sulfide) groups is 1. The molecule has 1 atom stereocenters. The van der Waals surface area contributed by atoms with Gasteiger partial charge in [-0.3, -0.25) is 25.2 Å². The van der Waals surface area contributed by atoms with Crippen molar-refractivity contribution < 1.29 is 23.5 Å². The molecule has 0 aliphatic heterocycles. The largest absolute Gasteiger partial charge is 0.484 e. The second kappa shape index (κ2) is 12.4. The fraction of sp³-hybridized carbons (Fsp3) is 0.250. The lowest BCUT2D eigenvalue weighted by molar-refractivity contribution is -0.130.